The van der Waals surface area contributed by atoms with Crippen molar-refractivity contribution in [3.05, 3.63) is 48.7 Å². The Morgan fingerprint density at radius 3 is 2.78 bits per heavy atom. The number of nitrogens with one attached hydrogen (secondary N) is 2. The summed E-state index contributed by atoms with van der Waals surface area (Å²) in [5.74, 6) is -1.91. The summed E-state index contributed by atoms with van der Waals surface area (Å²) in [6, 6.07) is 6.54. The summed E-state index contributed by atoms with van der Waals surface area (Å²) in [6.07, 6.45) is 4.41. The van der Waals surface area contributed by atoms with Crippen molar-refractivity contribution in [2.75, 3.05) is 11.9 Å². The summed E-state index contributed by atoms with van der Waals surface area (Å²) >= 11 is 1.13. The van der Waals surface area contributed by atoms with Gasteiger partial charge in [-0.15, -0.1) is 0 Å². The molecule has 0 aliphatic carbocycles. The van der Waals surface area contributed by atoms with E-state index >= 15 is 4.39 Å². The van der Waals surface area contributed by atoms with Crippen molar-refractivity contribution in [3.8, 4) is 22.4 Å². The first-order chi connectivity index (χ1) is 15.0. The summed E-state index contributed by atoms with van der Waals surface area (Å²) < 4.78 is 17.1. The van der Waals surface area contributed by atoms with Gasteiger partial charge in [0.05, 0.1) is 29.1 Å². The molecule has 2 N–H and O–H groups in total. The summed E-state index contributed by atoms with van der Waals surface area (Å²) in [6.45, 7) is 1.77. The van der Waals surface area contributed by atoms with Crippen LogP contribution < -0.4 is 34.6 Å². The van der Waals surface area contributed by atoms with E-state index in [-0.39, 0.29) is 35.1 Å². The molecule has 0 saturated heterocycles. The fraction of sp³-hybridized carbons (Fsp3) is 0.150. The third-order valence-electron chi connectivity index (χ3n) is 4.34. The number of carbonyl (C=O) groups is 2. The normalized spacial score (nSPS) is 10.6. The average Bonchev–Trinajstić information content (AvgIpc) is 3.36. The van der Waals surface area contributed by atoms with Gasteiger partial charge in [0.1, 0.15) is 5.52 Å². The van der Waals surface area contributed by atoms with Crippen LogP contribution >= 0.6 is 11.3 Å². The first kappa shape index (κ1) is 23.4. The number of amides is 2. The van der Waals surface area contributed by atoms with Crippen LogP contribution in [0.5, 0.6) is 0 Å². The van der Waals surface area contributed by atoms with Crippen LogP contribution in [0.2, 0.25) is 0 Å². The van der Waals surface area contributed by atoms with Crippen LogP contribution in [0.1, 0.15) is 6.92 Å². The zero-order valence-corrected chi connectivity index (χ0v) is 18.1. The number of carboxylic acid groups (broad SMARTS) is 1. The van der Waals surface area contributed by atoms with Crippen molar-refractivity contribution < 1.29 is 37.9 Å². The molecule has 3 heterocycles. The summed E-state index contributed by atoms with van der Waals surface area (Å²) in [4.78, 5) is 31.3. The number of hydrogen-bond acceptors (Lipinski definition) is 7. The molecule has 0 radical (unpaired) electrons. The Bertz CT molecular complexity index is 1280. The Hall–Kier alpha value is -3.26. The van der Waals surface area contributed by atoms with Crippen LogP contribution in [0.3, 0.4) is 0 Å². The number of hydrogen-bond donors (Lipinski definition) is 2. The van der Waals surface area contributed by atoms with Crippen LogP contribution in [0.4, 0.5) is 14.3 Å². The number of benzene rings is 1. The molecule has 0 bridgehead atoms. The molecule has 3 aromatic heterocycles. The van der Waals surface area contributed by atoms with E-state index in [1.54, 1.807) is 31.3 Å². The number of pyridine rings is 1. The van der Waals surface area contributed by atoms with E-state index in [0.717, 1.165) is 16.0 Å². The number of carboxylic acids is 1. The molecular weight excluding hydrogens is 430 g/mol. The molecule has 9 nitrogen and oxygen atoms in total. The van der Waals surface area contributed by atoms with E-state index in [1.807, 2.05) is 6.07 Å². The van der Waals surface area contributed by atoms with Crippen molar-refractivity contribution in [2.45, 2.75) is 13.5 Å². The van der Waals surface area contributed by atoms with E-state index in [4.69, 9.17) is 0 Å². The predicted octanol–water partition coefficient (Wildman–Crippen LogP) is -0.744. The largest absolute Gasteiger partial charge is 1.00 e. The molecule has 0 fully saturated rings. The molecule has 0 aliphatic heterocycles. The second-order valence-electron chi connectivity index (χ2n) is 6.48. The first-order valence-corrected chi connectivity index (χ1v) is 10.1. The number of fused-ring (bicyclic) bond motifs is 1. The second-order valence-corrected chi connectivity index (χ2v) is 7.48. The zero-order chi connectivity index (χ0) is 22.0. The van der Waals surface area contributed by atoms with E-state index in [0.29, 0.717) is 28.1 Å². The maximum absolute atomic E-state index is 15.5. The molecule has 2 amide bonds. The number of urea groups is 1. The number of thiazole rings is 1. The molecular formula is C20H16FLiN6O3S. The fourth-order valence-corrected chi connectivity index (χ4v) is 4.03. The number of carbonyl (C=O) groups excluding carboxylic acids is 2. The van der Waals surface area contributed by atoms with Gasteiger partial charge in [0, 0.05) is 35.6 Å². The van der Waals surface area contributed by atoms with Gasteiger partial charge in [-0.2, -0.15) is 5.10 Å². The van der Waals surface area contributed by atoms with Crippen molar-refractivity contribution in [3.63, 3.8) is 0 Å². The Morgan fingerprint density at radius 1 is 1.28 bits per heavy atom. The van der Waals surface area contributed by atoms with Crippen LogP contribution in [0.25, 0.3) is 32.6 Å². The minimum absolute atomic E-state index is 0. The zero-order valence-electron chi connectivity index (χ0n) is 17.3. The van der Waals surface area contributed by atoms with Gasteiger partial charge < -0.3 is 15.2 Å². The maximum atomic E-state index is 15.5. The van der Waals surface area contributed by atoms with Crippen molar-refractivity contribution in [1.29, 1.82) is 0 Å². The van der Waals surface area contributed by atoms with Gasteiger partial charge in [0.25, 0.3) is 0 Å². The quantitative estimate of drug-likeness (QED) is 0.376. The van der Waals surface area contributed by atoms with E-state index in [9.17, 15) is 14.7 Å². The SMILES string of the molecule is CCNC(=O)Nc1nc2c(F)c(-c3cnn(CC(=O)[O-])c3)cc(-c3ccccn3)c2s1.[Li+]. The molecule has 1 aromatic carbocycles. The third kappa shape index (κ3) is 4.80. The van der Waals surface area contributed by atoms with Crippen LogP contribution in [-0.2, 0) is 11.3 Å². The fourth-order valence-electron chi connectivity index (χ4n) is 3.05. The van der Waals surface area contributed by atoms with Crippen molar-refractivity contribution in [1.82, 2.24) is 25.1 Å². The molecule has 12 heteroatoms. The molecule has 32 heavy (non-hydrogen) atoms. The Morgan fingerprint density at radius 2 is 2.09 bits per heavy atom. The minimum Gasteiger partial charge on any atom is -0.548 e. The molecule has 0 aliphatic rings. The monoisotopic (exact) mass is 446 g/mol. The van der Waals surface area contributed by atoms with Crippen LogP contribution in [-0.4, -0.2) is 38.3 Å². The first-order valence-electron chi connectivity index (χ1n) is 9.28. The van der Waals surface area contributed by atoms with Gasteiger partial charge in [-0.3, -0.25) is 15.0 Å². The van der Waals surface area contributed by atoms with Gasteiger partial charge in [-0.25, -0.2) is 14.2 Å². The minimum atomic E-state index is -1.31. The van der Waals surface area contributed by atoms with Gasteiger partial charge in [0.2, 0.25) is 0 Å². The van der Waals surface area contributed by atoms with Crippen molar-refractivity contribution in [2.24, 2.45) is 0 Å². The standard InChI is InChI=1S/C20H17FN6O3S.Li/c1-2-22-19(30)26-20-25-17-16(21)12(11-8-24-27(9-11)10-15(28)29)7-13(18(17)31-20)14-5-3-4-6-23-14;/h3-9H,2,10H2,1H3,(H,28,29)(H2,22,25,26,30);/q;+1/p-1. The Kier molecular flexibility index (Phi) is 7.25. The topological polar surface area (TPSA) is 125 Å². The molecule has 0 atom stereocenters. The van der Waals surface area contributed by atoms with Crippen LogP contribution in [0, 0.1) is 5.82 Å². The molecule has 0 saturated carbocycles. The Balaban J connectivity index is 0.00000289. The molecule has 4 aromatic rings. The van der Waals surface area contributed by atoms with E-state index in [2.05, 4.69) is 25.7 Å². The molecule has 0 spiro atoms. The van der Waals surface area contributed by atoms with E-state index in [1.165, 1.54) is 12.4 Å². The van der Waals surface area contributed by atoms with Gasteiger partial charge in [-0.1, -0.05) is 17.4 Å². The number of aromatic nitrogens is 4. The number of aliphatic carboxylic acids is 1. The summed E-state index contributed by atoms with van der Waals surface area (Å²) in [7, 11) is 0. The molecule has 4 rings (SSSR count). The second kappa shape index (κ2) is 9.91. The maximum Gasteiger partial charge on any atom is 1.00 e. The molecule has 0 unspecified atom stereocenters. The predicted molar refractivity (Wildman–Crippen MR) is 112 cm³/mol. The number of halogens is 1. The number of nitrogens with zero attached hydrogens (tertiary/aromatic N) is 4. The van der Waals surface area contributed by atoms with Crippen molar-refractivity contribution >= 4 is 38.7 Å². The average molecular weight is 446 g/mol. The Labute approximate surface area is 197 Å². The van der Waals surface area contributed by atoms with Gasteiger partial charge in [-0.05, 0) is 25.1 Å². The summed E-state index contributed by atoms with van der Waals surface area (Å²) in [5.41, 5.74) is 1.87. The van der Waals surface area contributed by atoms with E-state index < -0.39 is 24.4 Å². The number of anilines is 1. The van der Waals surface area contributed by atoms with Crippen LogP contribution in [0.15, 0.2) is 42.9 Å². The molecule has 158 valence electrons. The van der Waals surface area contributed by atoms with Gasteiger partial charge in [0.15, 0.2) is 10.9 Å². The number of rotatable bonds is 6. The third-order valence-corrected chi connectivity index (χ3v) is 5.34. The smallest absolute Gasteiger partial charge is 0.548 e. The summed E-state index contributed by atoms with van der Waals surface area (Å²) in [5, 5.41) is 20.2. The van der Waals surface area contributed by atoms with Gasteiger partial charge >= 0.3 is 24.9 Å².